The molecule has 0 atom stereocenters. The fraction of sp³-hybridized carbons (Fsp3) is 0.294. The SMILES string of the molecule is COCCN(C)C(=O)c1ccc(-c2c(C)nn3c(=O)[nH]ncc23)cc1. The zero-order valence-corrected chi connectivity index (χ0v) is 14.3. The van der Waals surface area contributed by atoms with Crippen LogP contribution in [0.25, 0.3) is 16.6 Å². The Morgan fingerprint density at radius 3 is 2.72 bits per heavy atom. The van der Waals surface area contributed by atoms with Gasteiger partial charge in [0.25, 0.3) is 5.91 Å². The second-order valence-electron chi connectivity index (χ2n) is 5.73. The van der Waals surface area contributed by atoms with Crippen LogP contribution in [0, 0.1) is 6.92 Å². The molecule has 8 nitrogen and oxygen atoms in total. The molecular weight excluding hydrogens is 322 g/mol. The van der Waals surface area contributed by atoms with Crippen LogP contribution in [0.2, 0.25) is 0 Å². The monoisotopic (exact) mass is 341 g/mol. The minimum atomic E-state index is -0.390. The molecule has 0 radical (unpaired) electrons. The molecule has 0 aliphatic carbocycles. The molecule has 2 aromatic heterocycles. The maximum absolute atomic E-state index is 12.4. The number of nitrogens with one attached hydrogen (secondary N) is 1. The van der Waals surface area contributed by atoms with Crippen LogP contribution >= 0.6 is 0 Å². The summed E-state index contributed by atoms with van der Waals surface area (Å²) in [6.07, 6.45) is 1.56. The molecule has 3 aromatic rings. The van der Waals surface area contributed by atoms with Gasteiger partial charge in [-0.25, -0.2) is 9.89 Å². The van der Waals surface area contributed by atoms with Gasteiger partial charge in [0.15, 0.2) is 0 Å². The second-order valence-corrected chi connectivity index (χ2v) is 5.73. The number of hydrogen-bond acceptors (Lipinski definition) is 5. The molecule has 0 saturated heterocycles. The topological polar surface area (TPSA) is 92.6 Å². The lowest BCUT2D eigenvalue weighted by molar-refractivity contribution is 0.0744. The summed E-state index contributed by atoms with van der Waals surface area (Å²) < 4.78 is 6.28. The number of hydrogen-bond donors (Lipinski definition) is 1. The first-order chi connectivity index (χ1) is 12.0. The number of aryl methyl sites for hydroxylation is 1. The number of benzene rings is 1. The van der Waals surface area contributed by atoms with E-state index in [9.17, 15) is 9.59 Å². The summed E-state index contributed by atoms with van der Waals surface area (Å²) in [5, 5.41) is 10.4. The Morgan fingerprint density at radius 2 is 2.04 bits per heavy atom. The highest BCUT2D eigenvalue weighted by atomic mass is 16.5. The van der Waals surface area contributed by atoms with Crippen LogP contribution in [0.15, 0.2) is 35.3 Å². The standard InChI is InChI=1S/C17H19N5O3/c1-11-15(14-10-18-19-17(24)22(14)20-11)12-4-6-13(7-5-12)16(23)21(2)8-9-25-3/h4-7,10H,8-9H2,1-3H3,(H,19,24). The highest BCUT2D eigenvalue weighted by Crippen LogP contribution is 2.27. The van der Waals surface area contributed by atoms with E-state index in [0.717, 1.165) is 16.8 Å². The Bertz CT molecular complexity index is 959. The Morgan fingerprint density at radius 1 is 1.32 bits per heavy atom. The number of fused-ring (bicyclic) bond motifs is 1. The Labute approximate surface area is 144 Å². The summed E-state index contributed by atoms with van der Waals surface area (Å²) in [6.45, 7) is 2.85. The molecule has 3 rings (SSSR count). The van der Waals surface area contributed by atoms with Crippen LogP contribution in [-0.4, -0.2) is 57.9 Å². The van der Waals surface area contributed by atoms with Gasteiger partial charge < -0.3 is 9.64 Å². The molecule has 8 heteroatoms. The number of ether oxygens (including phenoxy) is 1. The molecule has 0 saturated carbocycles. The predicted octanol–water partition coefficient (Wildman–Crippen LogP) is 1.11. The van der Waals surface area contributed by atoms with Crippen molar-refractivity contribution in [3.8, 4) is 11.1 Å². The fourth-order valence-electron chi connectivity index (χ4n) is 2.70. The summed E-state index contributed by atoms with van der Waals surface area (Å²) in [6, 6.07) is 7.24. The lowest BCUT2D eigenvalue weighted by Crippen LogP contribution is -2.29. The van der Waals surface area contributed by atoms with Gasteiger partial charge in [0.1, 0.15) is 5.52 Å². The zero-order valence-electron chi connectivity index (χ0n) is 14.3. The van der Waals surface area contributed by atoms with Crippen molar-refractivity contribution in [2.45, 2.75) is 6.92 Å². The zero-order chi connectivity index (χ0) is 18.0. The van der Waals surface area contributed by atoms with Crippen LogP contribution in [0.3, 0.4) is 0 Å². The number of rotatable bonds is 5. The maximum atomic E-state index is 12.4. The van der Waals surface area contributed by atoms with Crippen molar-refractivity contribution in [1.29, 1.82) is 0 Å². The number of aromatic amines is 1. The summed E-state index contributed by atoms with van der Waals surface area (Å²) in [5.74, 6) is -0.0710. The second kappa shape index (κ2) is 6.86. The number of H-pyrrole nitrogens is 1. The van der Waals surface area contributed by atoms with Crippen molar-refractivity contribution < 1.29 is 9.53 Å². The van der Waals surface area contributed by atoms with Crippen molar-refractivity contribution in [3.63, 3.8) is 0 Å². The van der Waals surface area contributed by atoms with E-state index in [1.54, 1.807) is 37.4 Å². The van der Waals surface area contributed by atoms with E-state index in [1.807, 2.05) is 19.1 Å². The smallest absolute Gasteiger partial charge is 0.363 e. The van der Waals surface area contributed by atoms with Gasteiger partial charge in [0.05, 0.1) is 18.5 Å². The first-order valence-corrected chi connectivity index (χ1v) is 7.80. The summed E-state index contributed by atoms with van der Waals surface area (Å²) >= 11 is 0. The van der Waals surface area contributed by atoms with Gasteiger partial charge in [0, 0.05) is 31.8 Å². The van der Waals surface area contributed by atoms with Crippen LogP contribution in [0.4, 0.5) is 0 Å². The number of aromatic nitrogens is 4. The van der Waals surface area contributed by atoms with E-state index in [0.29, 0.717) is 24.2 Å². The molecule has 25 heavy (non-hydrogen) atoms. The van der Waals surface area contributed by atoms with Crippen LogP contribution in [-0.2, 0) is 4.74 Å². The Kier molecular flexibility index (Phi) is 4.62. The molecule has 130 valence electrons. The largest absolute Gasteiger partial charge is 0.383 e. The van der Waals surface area contributed by atoms with Crippen molar-refractivity contribution in [2.24, 2.45) is 0 Å². The molecule has 2 heterocycles. The number of methoxy groups -OCH3 is 1. The minimum Gasteiger partial charge on any atom is -0.383 e. The third-order valence-corrected chi connectivity index (χ3v) is 4.03. The molecule has 1 aromatic carbocycles. The van der Waals surface area contributed by atoms with Gasteiger partial charge in [0.2, 0.25) is 0 Å². The van der Waals surface area contributed by atoms with Gasteiger partial charge in [-0.2, -0.15) is 14.7 Å². The maximum Gasteiger partial charge on any atom is 0.363 e. The first kappa shape index (κ1) is 16.8. The van der Waals surface area contributed by atoms with Crippen LogP contribution in [0.1, 0.15) is 16.1 Å². The minimum absolute atomic E-state index is 0.0710. The van der Waals surface area contributed by atoms with Crippen molar-refractivity contribution in [1.82, 2.24) is 24.7 Å². The van der Waals surface area contributed by atoms with Gasteiger partial charge >= 0.3 is 5.69 Å². The molecule has 1 N–H and O–H groups in total. The highest BCUT2D eigenvalue weighted by Gasteiger charge is 2.15. The van der Waals surface area contributed by atoms with Gasteiger partial charge in [-0.15, -0.1) is 0 Å². The quantitative estimate of drug-likeness (QED) is 0.750. The van der Waals surface area contributed by atoms with Crippen molar-refractivity contribution in [2.75, 3.05) is 27.3 Å². The van der Waals surface area contributed by atoms with E-state index in [4.69, 9.17) is 4.74 Å². The summed E-state index contributed by atoms with van der Waals surface area (Å²) in [4.78, 5) is 25.8. The molecule has 0 unspecified atom stereocenters. The third-order valence-electron chi connectivity index (χ3n) is 4.03. The van der Waals surface area contributed by atoms with Gasteiger partial charge in [-0.3, -0.25) is 4.79 Å². The molecule has 0 aliphatic rings. The number of likely N-dealkylation sites (N-methyl/N-ethyl adjacent to an activating group) is 1. The van der Waals surface area contributed by atoms with E-state index in [1.165, 1.54) is 4.52 Å². The Hall–Kier alpha value is -3.00. The van der Waals surface area contributed by atoms with E-state index >= 15 is 0 Å². The van der Waals surface area contributed by atoms with Crippen LogP contribution in [0.5, 0.6) is 0 Å². The number of carbonyl (C=O) groups is 1. The molecule has 0 spiro atoms. The van der Waals surface area contributed by atoms with Crippen molar-refractivity contribution >= 4 is 11.4 Å². The number of carbonyl (C=O) groups excluding carboxylic acids is 1. The van der Waals surface area contributed by atoms with E-state index in [2.05, 4.69) is 15.3 Å². The lowest BCUT2D eigenvalue weighted by atomic mass is 10.0. The summed E-state index contributed by atoms with van der Waals surface area (Å²) in [7, 11) is 3.34. The molecule has 1 amide bonds. The molecular formula is C17H19N5O3. The number of nitrogens with zero attached hydrogens (tertiary/aromatic N) is 4. The summed E-state index contributed by atoms with van der Waals surface area (Å²) in [5.41, 5.74) is 3.24. The van der Waals surface area contributed by atoms with Crippen LogP contribution < -0.4 is 5.69 Å². The normalized spacial score (nSPS) is 11.0. The van der Waals surface area contributed by atoms with Gasteiger partial charge in [-0.1, -0.05) is 12.1 Å². The molecule has 0 aliphatic heterocycles. The number of amides is 1. The lowest BCUT2D eigenvalue weighted by Gasteiger charge is -2.16. The Balaban J connectivity index is 1.94. The average molecular weight is 341 g/mol. The predicted molar refractivity (Wildman–Crippen MR) is 92.6 cm³/mol. The van der Waals surface area contributed by atoms with Gasteiger partial charge in [-0.05, 0) is 24.6 Å². The molecule has 0 fully saturated rings. The van der Waals surface area contributed by atoms with Crippen molar-refractivity contribution in [3.05, 3.63) is 52.2 Å². The average Bonchev–Trinajstić information content (AvgIpc) is 2.96. The third kappa shape index (κ3) is 3.16. The fourth-order valence-corrected chi connectivity index (χ4v) is 2.70. The van der Waals surface area contributed by atoms with E-state index in [-0.39, 0.29) is 5.91 Å². The highest BCUT2D eigenvalue weighted by molar-refractivity contribution is 5.95. The molecule has 0 bridgehead atoms. The van der Waals surface area contributed by atoms with E-state index < -0.39 is 5.69 Å². The first-order valence-electron chi connectivity index (χ1n) is 7.80.